The summed E-state index contributed by atoms with van der Waals surface area (Å²) in [5.74, 6) is 2.18. The van der Waals surface area contributed by atoms with Crippen molar-refractivity contribution in [3.8, 4) is 11.4 Å². The first-order valence-electron chi connectivity index (χ1n) is 14.2. The first kappa shape index (κ1) is 26.5. The number of anilines is 1. The molecule has 2 aromatic carbocycles. The zero-order valence-electron chi connectivity index (χ0n) is 23.0. The zero-order valence-corrected chi connectivity index (χ0v) is 23.0. The van der Waals surface area contributed by atoms with Gasteiger partial charge in [-0.3, -0.25) is 4.79 Å². The predicted molar refractivity (Wildman–Crippen MR) is 151 cm³/mol. The lowest BCUT2D eigenvalue weighted by Crippen LogP contribution is -2.41. The molecule has 6 heteroatoms. The Morgan fingerprint density at radius 3 is 2.45 bits per heavy atom. The van der Waals surface area contributed by atoms with Crippen LogP contribution < -0.4 is 9.64 Å². The third kappa shape index (κ3) is 5.96. The van der Waals surface area contributed by atoms with Gasteiger partial charge in [-0.1, -0.05) is 18.2 Å². The molecule has 0 saturated heterocycles. The Balaban J connectivity index is 1.32. The highest BCUT2D eigenvalue weighted by atomic mass is 16.5. The Kier molecular flexibility index (Phi) is 8.18. The molecule has 202 valence electrons. The number of imidazole rings is 1. The highest BCUT2D eigenvalue weighted by molar-refractivity contribution is 5.95. The van der Waals surface area contributed by atoms with Gasteiger partial charge in [0.15, 0.2) is 0 Å². The van der Waals surface area contributed by atoms with E-state index in [9.17, 15) is 9.90 Å². The van der Waals surface area contributed by atoms with Crippen molar-refractivity contribution in [3.05, 3.63) is 71.8 Å². The molecule has 0 spiro atoms. The number of ether oxygens (including phenoxy) is 1. The van der Waals surface area contributed by atoms with E-state index in [4.69, 9.17) is 4.74 Å². The van der Waals surface area contributed by atoms with Gasteiger partial charge in [0.1, 0.15) is 5.75 Å². The van der Waals surface area contributed by atoms with Gasteiger partial charge < -0.3 is 19.3 Å². The molecule has 2 aliphatic carbocycles. The normalized spacial score (nSPS) is 23.7. The molecule has 2 fully saturated rings. The summed E-state index contributed by atoms with van der Waals surface area (Å²) in [6.07, 6.45) is 11.0. The second-order valence-corrected chi connectivity index (χ2v) is 11.3. The van der Waals surface area contributed by atoms with Crippen LogP contribution in [0, 0.1) is 25.7 Å². The number of hydrogen-bond donors (Lipinski definition) is 1. The fourth-order valence-electron chi connectivity index (χ4n) is 6.34. The van der Waals surface area contributed by atoms with E-state index in [1.165, 1.54) is 11.1 Å². The highest BCUT2D eigenvalue weighted by Gasteiger charge is 2.32. The fraction of sp³-hybridized carbons (Fsp3) is 0.500. The molecular weight excluding hydrogens is 474 g/mol. The van der Waals surface area contributed by atoms with Gasteiger partial charge in [0.25, 0.3) is 0 Å². The van der Waals surface area contributed by atoms with Crippen LogP contribution >= 0.6 is 0 Å². The van der Waals surface area contributed by atoms with Crippen molar-refractivity contribution in [1.29, 1.82) is 0 Å². The summed E-state index contributed by atoms with van der Waals surface area (Å²) in [5.41, 5.74) is 5.53. The largest absolute Gasteiger partial charge is 0.496 e. The van der Waals surface area contributed by atoms with Crippen LogP contribution in [0.2, 0.25) is 0 Å². The number of aliphatic hydroxyl groups excluding tert-OH is 1. The van der Waals surface area contributed by atoms with E-state index in [0.29, 0.717) is 24.7 Å². The fourth-order valence-corrected chi connectivity index (χ4v) is 6.34. The number of benzene rings is 2. The quantitative estimate of drug-likeness (QED) is 0.398. The summed E-state index contributed by atoms with van der Waals surface area (Å²) in [5, 5.41) is 10.0. The summed E-state index contributed by atoms with van der Waals surface area (Å²) >= 11 is 0. The first-order chi connectivity index (χ1) is 18.4. The van der Waals surface area contributed by atoms with Crippen LogP contribution in [0.4, 0.5) is 5.69 Å². The molecule has 5 rings (SSSR count). The van der Waals surface area contributed by atoms with Gasteiger partial charge in [0.2, 0.25) is 5.91 Å². The van der Waals surface area contributed by atoms with Gasteiger partial charge in [0.05, 0.1) is 25.2 Å². The van der Waals surface area contributed by atoms with Crippen LogP contribution in [0.25, 0.3) is 5.69 Å². The molecule has 2 aliphatic rings. The third-order valence-corrected chi connectivity index (χ3v) is 8.64. The second-order valence-electron chi connectivity index (χ2n) is 11.3. The molecule has 0 aliphatic heterocycles. The number of nitrogens with zero attached hydrogens (tertiary/aromatic N) is 3. The van der Waals surface area contributed by atoms with Crippen molar-refractivity contribution in [2.45, 2.75) is 77.2 Å². The lowest BCUT2D eigenvalue weighted by atomic mass is 9.78. The molecule has 3 aromatic rings. The number of aromatic nitrogens is 2. The van der Waals surface area contributed by atoms with Gasteiger partial charge in [-0.05, 0) is 112 Å². The molecule has 0 atom stereocenters. The standard InChI is InChI=1S/C32H41N3O3/c1-22-17-27(13-16-31(22)38-3)25-9-7-24(8-10-25)20-35(32(37)26-11-14-30(36)15-12-26)29-6-4-5-28(18-29)34-19-23(2)33-21-34/h4-6,13,16-19,21,24-26,30,36H,7-12,14-15,20H2,1-3H3. The summed E-state index contributed by atoms with van der Waals surface area (Å²) in [7, 11) is 1.72. The van der Waals surface area contributed by atoms with E-state index >= 15 is 0 Å². The van der Waals surface area contributed by atoms with Gasteiger partial charge in [-0.25, -0.2) is 4.98 Å². The zero-order chi connectivity index (χ0) is 26.6. The van der Waals surface area contributed by atoms with Crippen molar-refractivity contribution < 1.29 is 14.6 Å². The number of methoxy groups -OCH3 is 1. The molecule has 1 heterocycles. The lowest BCUT2D eigenvalue weighted by Gasteiger charge is -2.36. The smallest absolute Gasteiger partial charge is 0.230 e. The van der Waals surface area contributed by atoms with Gasteiger partial charge in [0, 0.05) is 30.0 Å². The number of hydrogen-bond acceptors (Lipinski definition) is 4. The van der Waals surface area contributed by atoms with Crippen molar-refractivity contribution in [2.75, 3.05) is 18.6 Å². The van der Waals surface area contributed by atoms with Gasteiger partial charge in [-0.15, -0.1) is 0 Å². The maximum atomic E-state index is 13.9. The van der Waals surface area contributed by atoms with E-state index in [-0.39, 0.29) is 17.9 Å². The monoisotopic (exact) mass is 515 g/mol. The van der Waals surface area contributed by atoms with Gasteiger partial charge in [-0.2, -0.15) is 0 Å². The molecule has 1 amide bonds. The van der Waals surface area contributed by atoms with Crippen LogP contribution in [-0.2, 0) is 4.79 Å². The Labute approximate surface area is 226 Å². The molecule has 1 aromatic heterocycles. The first-order valence-corrected chi connectivity index (χ1v) is 14.2. The van der Waals surface area contributed by atoms with E-state index in [1.807, 2.05) is 30.1 Å². The average Bonchev–Trinajstić information content (AvgIpc) is 3.38. The van der Waals surface area contributed by atoms with Crippen LogP contribution in [0.3, 0.4) is 0 Å². The predicted octanol–water partition coefficient (Wildman–Crippen LogP) is 6.36. The molecule has 0 unspecified atom stereocenters. The summed E-state index contributed by atoms with van der Waals surface area (Å²) in [6.45, 7) is 4.84. The highest BCUT2D eigenvalue weighted by Crippen LogP contribution is 2.38. The topological polar surface area (TPSA) is 67.6 Å². The molecule has 2 saturated carbocycles. The van der Waals surface area contributed by atoms with Crippen molar-refractivity contribution in [2.24, 2.45) is 11.8 Å². The van der Waals surface area contributed by atoms with Gasteiger partial charge >= 0.3 is 0 Å². The Bertz CT molecular complexity index is 1240. The molecule has 0 radical (unpaired) electrons. The number of aliphatic hydroxyl groups is 1. The average molecular weight is 516 g/mol. The van der Waals surface area contributed by atoms with Crippen molar-refractivity contribution >= 4 is 11.6 Å². The van der Waals surface area contributed by atoms with E-state index < -0.39 is 0 Å². The minimum Gasteiger partial charge on any atom is -0.496 e. The van der Waals surface area contributed by atoms with Crippen molar-refractivity contribution in [1.82, 2.24) is 9.55 Å². The SMILES string of the molecule is COc1ccc(C2CCC(CN(C(=O)C3CCC(O)CC3)c3cccc(-n4cnc(C)c4)c3)CC2)cc1C. The van der Waals surface area contributed by atoms with E-state index in [1.54, 1.807) is 7.11 Å². The maximum absolute atomic E-state index is 13.9. The molecule has 1 N–H and O–H groups in total. The minimum absolute atomic E-state index is 0.0174. The molecule has 0 bridgehead atoms. The molecular formula is C32H41N3O3. The Morgan fingerprint density at radius 1 is 1.03 bits per heavy atom. The number of carbonyl (C=O) groups excluding carboxylic acids is 1. The van der Waals surface area contributed by atoms with Crippen LogP contribution in [0.15, 0.2) is 55.0 Å². The minimum atomic E-state index is -0.267. The van der Waals surface area contributed by atoms with Crippen LogP contribution in [0.1, 0.15) is 74.1 Å². The van der Waals surface area contributed by atoms with E-state index in [0.717, 1.165) is 67.9 Å². The number of aryl methyl sites for hydroxylation is 2. The maximum Gasteiger partial charge on any atom is 0.230 e. The van der Waals surface area contributed by atoms with E-state index in [2.05, 4.69) is 53.2 Å². The molecule has 38 heavy (non-hydrogen) atoms. The summed E-state index contributed by atoms with van der Waals surface area (Å²) in [6, 6.07) is 14.9. The number of carbonyl (C=O) groups is 1. The number of rotatable bonds is 7. The second kappa shape index (κ2) is 11.7. The van der Waals surface area contributed by atoms with Crippen LogP contribution in [-0.4, -0.2) is 40.3 Å². The summed E-state index contributed by atoms with van der Waals surface area (Å²) < 4.78 is 7.46. The Morgan fingerprint density at radius 2 is 1.79 bits per heavy atom. The Hall–Kier alpha value is -3.12. The van der Waals surface area contributed by atoms with Crippen LogP contribution in [0.5, 0.6) is 5.75 Å². The van der Waals surface area contributed by atoms with Crippen molar-refractivity contribution in [3.63, 3.8) is 0 Å². The number of amides is 1. The molecule has 6 nitrogen and oxygen atoms in total. The third-order valence-electron chi connectivity index (χ3n) is 8.64. The summed E-state index contributed by atoms with van der Waals surface area (Å²) in [4.78, 5) is 20.4. The lowest BCUT2D eigenvalue weighted by molar-refractivity contribution is -0.124.